The molecule has 0 aliphatic carbocycles. The summed E-state index contributed by atoms with van der Waals surface area (Å²) < 4.78 is 28.1. The van der Waals surface area contributed by atoms with E-state index >= 15 is 0 Å². The topological polar surface area (TPSA) is 38.0 Å². The summed E-state index contributed by atoms with van der Waals surface area (Å²) in [6, 6.07) is 3.03. The summed E-state index contributed by atoms with van der Waals surface area (Å²) in [6.07, 6.45) is 2.35. The van der Waals surface area contributed by atoms with Gasteiger partial charge in [0.05, 0.1) is 6.10 Å². The smallest absolute Gasteiger partial charge is 0.129 e. The maximum Gasteiger partial charge on any atom is 0.129 e. The normalized spacial score (nSPS) is 12.7. The van der Waals surface area contributed by atoms with Gasteiger partial charge in [0.15, 0.2) is 0 Å². The highest BCUT2D eigenvalue weighted by molar-refractivity contribution is 5.22. The first-order chi connectivity index (χ1) is 8.08. The minimum Gasteiger partial charge on any atom is -0.388 e. The maximum absolute atomic E-state index is 13.4. The summed E-state index contributed by atoms with van der Waals surface area (Å²) in [7, 11) is 1.77. The molecule has 1 atom stereocenters. The molecule has 2 rings (SSSR count). The number of aromatic nitrogens is 2. The molecule has 5 heteroatoms. The molecule has 0 saturated heterocycles. The number of imidazole rings is 1. The average molecular weight is 238 g/mol. The molecule has 0 bridgehead atoms. The molecule has 0 radical (unpaired) electrons. The first-order valence-electron chi connectivity index (χ1n) is 5.17. The van der Waals surface area contributed by atoms with Gasteiger partial charge >= 0.3 is 0 Å². The molecule has 1 aromatic heterocycles. The molecular formula is C12H12F2N2O. The maximum atomic E-state index is 13.4. The van der Waals surface area contributed by atoms with Crippen molar-refractivity contribution in [2.24, 2.45) is 7.05 Å². The summed E-state index contributed by atoms with van der Waals surface area (Å²) in [5.41, 5.74) is -0.0481. The van der Waals surface area contributed by atoms with E-state index in [1.807, 2.05) is 0 Å². The van der Waals surface area contributed by atoms with Gasteiger partial charge in [-0.2, -0.15) is 0 Å². The fourth-order valence-electron chi connectivity index (χ4n) is 1.65. The molecule has 0 aliphatic heterocycles. The van der Waals surface area contributed by atoms with Crippen LogP contribution in [0.3, 0.4) is 0 Å². The van der Waals surface area contributed by atoms with Crippen molar-refractivity contribution in [3.05, 3.63) is 53.6 Å². The standard InChI is InChI=1S/C12H12F2N2O/c1-16-5-4-15-12(16)7-11(17)9-6-8(13)2-3-10(9)14/h2-6,11,17H,7H2,1H3. The number of aliphatic hydroxyl groups excluding tert-OH is 1. The second-order valence-electron chi connectivity index (χ2n) is 3.84. The summed E-state index contributed by atoms with van der Waals surface area (Å²) in [5, 5.41) is 9.86. The van der Waals surface area contributed by atoms with Crippen LogP contribution in [0.2, 0.25) is 0 Å². The fourth-order valence-corrected chi connectivity index (χ4v) is 1.65. The van der Waals surface area contributed by atoms with E-state index < -0.39 is 17.7 Å². The quantitative estimate of drug-likeness (QED) is 0.887. The van der Waals surface area contributed by atoms with Crippen LogP contribution in [0.5, 0.6) is 0 Å². The Hall–Kier alpha value is -1.75. The van der Waals surface area contributed by atoms with E-state index in [4.69, 9.17) is 0 Å². The van der Waals surface area contributed by atoms with Gasteiger partial charge in [-0.25, -0.2) is 13.8 Å². The van der Waals surface area contributed by atoms with E-state index in [1.54, 1.807) is 24.0 Å². The van der Waals surface area contributed by atoms with Crippen molar-refractivity contribution in [1.29, 1.82) is 0 Å². The van der Waals surface area contributed by atoms with E-state index in [1.165, 1.54) is 0 Å². The van der Waals surface area contributed by atoms with Crippen LogP contribution in [0, 0.1) is 11.6 Å². The van der Waals surface area contributed by atoms with Gasteiger partial charge in [-0.1, -0.05) is 0 Å². The lowest BCUT2D eigenvalue weighted by atomic mass is 10.1. The van der Waals surface area contributed by atoms with Crippen molar-refractivity contribution in [2.75, 3.05) is 0 Å². The van der Waals surface area contributed by atoms with Gasteiger partial charge in [0, 0.05) is 31.4 Å². The monoisotopic (exact) mass is 238 g/mol. The lowest BCUT2D eigenvalue weighted by Gasteiger charge is -2.11. The predicted molar refractivity (Wildman–Crippen MR) is 58.2 cm³/mol. The molecule has 90 valence electrons. The molecule has 1 unspecified atom stereocenters. The van der Waals surface area contributed by atoms with Crippen molar-refractivity contribution in [3.63, 3.8) is 0 Å². The second-order valence-corrected chi connectivity index (χ2v) is 3.84. The lowest BCUT2D eigenvalue weighted by Crippen LogP contribution is -2.08. The molecule has 3 nitrogen and oxygen atoms in total. The van der Waals surface area contributed by atoms with Crippen LogP contribution in [0.1, 0.15) is 17.5 Å². The van der Waals surface area contributed by atoms with Crippen LogP contribution in [0.4, 0.5) is 8.78 Å². The Labute approximate surface area is 97.3 Å². The minimum absolute atomic E-state index is 0.0481. The zero-order chi connectivity index (χ0) is 12.4. The average Bonchev–Trinajstić information content (AvgIpc) is 2.68. The van der Waals surface area contributed by atoms with E-state index in [-0.39, 0.29) is 12.0 Å². The summed E-state index contributed by atoms with van der Waals surface area (Å²) in [6.45, 7) is 0. The van der Waals surface area contributed by atoms with Crippen LogP contribution in [-0.2, 0) is 13.5 Å². The van der Waals surface area contributed by atoms with Crippen molar-refractivity contribution >= 4 is 0 Å². The number of hydrogen-bond donors (Lipinski definition) is 1. The molecule has 0 amide bonds. The zero-order valence-corrected chi connectivity index (χ0v) is 9.27. The van der Waals surface area contributed by atoms with Gasteiger partial charge in [0.25, 0.3) is 0 Å². The number of aryl methyl sites for hydroxylation is 1. The molecular weight excluding hydrogens is 226 g/mol. The highest BCUT2D eigenvalue weighted by Gasteiger charge is 2.16. The minimum atomic E-state index is -1.10. The third-order valence-electron chi connectivity index (χ3n) is 2.61. The largest absolute Gasteiger partial charge is 0.388 e. The van der Waals surface area contributed by atoms with Gasteiger partial charge in [-0.15, -0.1) is 0 Å². The van der Waals surface area contributed by atoms with Gasteiger partial charge in [-0.3, -0.25) is 0 Å². The number of rotatable bonds is 3. The molecule has 17 heavy (non-hydrogen) atoms. The Bertz CT molecular complexity index is 525. The molecule has 2 aromatic rings. The number of aliphatic hydroxyl groups is 1. The Morgan fingerprint density at radius 2 is 2.18 bits per heavy atom. The molecule has 1 N–H and O–H groups in total. The highest BCUT2D eigenvalue weighted by atomic mass is 19.1. The summed E-state index contributed by atoms with van der Waals surface area (Å²) in [4.78, 5) is 4.02. The van der Waals surface area contributed by atoms with Crippen molar-refractivity contribution in [1.82, 2.24) is 9.55 Å². The summed E-state index contributed by atoms with van der Waals surface area (Å²) in [5.74, 6) is -0.574. The van der Waals surface area contributed by atoms with Crippen LogP contribution in [0.15, 0.2) is 30.6 Å². The number of nitrogens with zero attached hydrogens (tertiary/aromatic N) is 2. The molecule has 1 aromatic carbocycles. The molecule has 0 saturated carbocycles. The Morgan fingerprint density at radius 1 is 1.41 bits per heavy atom. The van der Waals surface area contributed by atoms with Crippen LogP contribution in [-0.4, -0.2) is 14.7 Å². The molecule has 1 heterocycles. The lowest BCUT2D eigenvalue weighted by molar-refractivity contribution is 0.169. The predicted octanol–water partition coefficient (Wildman–Crippen LogP) is 1.97. The van der Waals surface area contributed by atoms with E-state index in [0.29, 0.717) is 5.82 Å². The van der Waals surface area contributed by atoms with E-state index in [9.17, 15) is 13.9 Å². The van der Waals surface area contributed by atoms with Gasteiger partial charge in [0.2, 0.25) is 0 Å². The Morgan fingerprint density at radius 3 is 2.82 bits per heavy atom. The van der Waals surface area contributed by atoms with Gasteiger partial charge in [-0.05, 0) is 18.2 Å². The highest BCUT2D eigenvalue weighted by Crippen LogP contribution is 2.21. The van der Waals surface area contributed by atoms with Crippen LogP contribution >= 0.6 is 0 Å². The number of hydrogen-bond acceptors (Lipinski definition) is 2. The molecule has 0 aliphatic rings. The first-order valence-corrected chi connectivity index (χ1v) is 5.17. The van der Waals surface area contributed by atoms with E-state index in [0.717, 1.165) is 18.2 Å². The first kappa shape index (κ1) is 11.7. The van der Waals surface area contributed by atoms with Gasteiger partial charge < -0.3 is 9.67 Å². The van der Waals surface area contributed by atoms with Crippen molar-refractivity contribution in [3.8, 4) is 0 Å². The third-order valence-corrected chi connectivity index (χ3v) is 2.61. The number of benzene rings is 1. The number of halogens is 2. The Balaban J connectivity index is 2.23. The van der Waals surface area contributed by atoms with E-state index in [2.05, 4.69) is 4.98 Å². The SMILES string of the molecule is Cn1ccnc1CC(O)c1cc(F)ccc1F. The molecule has 0 fully saturated rings. The fraction of sp³-hybridized carbons (Fsp3) is 0.250. The second kappa shape index (κ2) is 4.63. The van der Waals surface area contributed by atoms with Crippen LogP contribution < -0.4 is 0 Å². The van der Waals surface area contributed by atoms with Crippen molar-refractivity contribution < 1.29 is 13.9 Å². The zero-order valence-electron chi connectivity index (χ0n) is 9.27. The summed E-state index contributed by atoms with van der Waals surface area (Å²) >= 11 is 0. The van der Waals surface area contributed by atoms with Crippen LogP contribution in [0.25, 0.3) is 0 Å². The van der Waals surface area contributed by atoms with Crippen molar-refractivity contribution in [2.45, 2.75) is 12.5 Å². The van der Waals surface area contributed by atoms with Gasteiger partial charge in [0.1, 0.15) is 17.5 Å². The Kier molecular flexibility index (Phi) is 3.19. The molecule has 0 spiro atoms. The third kappa shape index (κ3) is 2.50.